The van der Waals surface area contributed by atoms with Crippen LogP contribution in [0.4, 0.5) is 0 Å². The fourth-order valence-corrected chi connectivity index (χ4v) is 4.15. The van der Waals surface area contributed by atoms with Crippen LogP contribution in [0.5, 0.6) is 0 Å². The predicted octanol–water partition coefficient (Wildman–Crippen LogP) is 3.69. The van der Waals surface area contributed by atoms with E-state index in [0.29, 0.717) is 13.1 Å². The van der Waals surface area contributed by atoms with E-state index >= 15 is 0 Å². The topological polar surface area (TPSA) is 51.0 Å². The highest BCUT2D eigenvalue weighted by molar-refractivity contribution is 5.97. The lowest BCUT2D eigenvalue weighted by atomic mass is 9.95. The van der Waals surface area contributed by atoms with Crippen molar-refractivity contribution in [1.82, 2.24) is 19.7 Å². The van der Waals surface area contributed by atoms with Gasteiger partial charge in [-0.05, 0) is 55.0 Å². The molecule has 2 aliphatic rings. The molecule has 2 aromatic heterocycles. The molecule has 1 aliphatic heterocycles. The Morgan fingerprint density at radius 3 is 2.68 bits per heavy atom. The number of aryl methyl sites for hydroxylation is 1. The zero-order valence-electron chi connectivity index (χ0n) is 15.7. The average Bonchev–Trinajstić information content (AvgIpc) is 3.40. The molecule has 0 radical (unpaired) electrons. The zero-order valence-corrected chi connectivity index (χ0v) is 15.7. The average molecular weight is 370 g/mol. The van der Waals surface area contributed by atoms with Crippen LogP contribution in [0.25, 0.3) is 11.3 Å². The van der Waals surface area contributed by atoms with Gasteiger partial charge in [-0.3, -0.25) is 9.78 Å². The molecule has 0 unspecified atom stereocenters. The molecule has 1 amide bonds. The van der Waals surface area contributed by atoms with E-state index in [4.69, 9.17) is 5.10 Å². The van der Waals surface area contributed by atoms with Gasteiger partial charge in [-0.25, -0.2) is 4.68 Å². The van der Waals surface area contributed by atoms with Gasteiger partial charge in [0.25, 0.3) is 5.91 Å². The van der Waals surface area contributed by atoms with Gasteiger partial charge in [0.05, 0.1) is 11.4 Å². The molecule has 0 spiro atoms. The maximum Gasteiger partial charge on any atom is 0.273 e. The first-order chi connectivity index (χ1) is 13.8. The maximum atomic E-state index is 13.6. The van der Waals surface area contributed by atoms with Gasteiger partial charge in [0.15, 0.2) is 0 Å². The summed E-state index contributed by atoms with van der Waals surface area (Å²) in [7, 11) is 0. The van der Waals surface area contributed by atoms with Crippen molar-refractivity contribution in [3.8, 4) is 5.69 Å². The molecular weight excluding hydrogens is 348 g/mol. The van der Waals surface area contributed by atoms with Crippen LogP contribution in [0.2, 0.25) is 0 Å². The summed E-state index contributed by atoms with van der Waals surface area (Å²) >= 11 is 0. The lowest BCUT2D eigenvalue weighted by molar-refractivity contribution is 0.0791. The van der Waals surface area contributed by atoms with Gasteiger partial charge in [-0.15, -0.1) is 0 Å². The Balaban J connectivity index is 1.49. The molecule has 0 saturated carbocycles. The van der Waals surface area contributed by atoms with Crippen molar-refractivity contribution in [2.24, 2.45) is 0 Å². The van der Waals surface area contributed by atoms with Crippen LogP contribution >= 0.6 is 0 Å². The molecule has 0 saturated heterocycles. The third-order valence-electron chi connectivity index (χ3n) is 5.60. The molecule has 28 heavy (non-hydrogen) atoms. The summed E-state index contributed by atoms with van der Waals surface area (Å²) < 4.78 is 1.86. The second kappa shape index (κ2) is 7.08. The Hall–Kier alpha value is -3.21. The minimum atomic E-state index is 0.0645. The predicted molar refractivity (Wildman–Crippen MR) is 108 cm³/mol. The lowest BCUT2D eigenvalue weighted by Gasteiger charge is -2.19. The van der Waals surface area contributed by atoms with Gasteiger partial charge < -0.3 is 4.90 Å². The van der Waals surface area contributed by atoms with E-state index < -0.39 is 0 Å². The second-order valence-corrected chi connectivity index (χ2v) is 7.39. The van der Waals surface area contributed by atoms with E-state index in [0.717, 1.165) is 59.5 Å². The van der Waals surface area contributed by atoms with Crippen LogP contribution in [0, 0.1) is 0 Å². The molecule has 0 fully saturated rings. The SMILES string of the molecule is O=C(c1c2c(nn1-c1ccccc1)CCCC2)N1CC=C(c2cccnc2)C1. The third-order valence-corrected chi connectivity index (χ3v) is 5.60. The normalized spacial score (nSPS) is 16.0. The Kier molecular flexibility index (Phi) is 4.28. The number of rotatable bonds is 3. The fraction of sp³-hybridized carbons (Fsp3) is 0.261. The quantitative estimate of drug-likeness (QED) is 0.707. The summed E-state index contributed by atoms with van der Waals surface area (Å²) in [6.45, 7) is 1.23. The van der Waals surface area contributed by atoms with Gasteiger partial charge in [0, 0.05) is 31.0 Å². The molecule has 0 bridgehead atoms. The number of nitrogens with zero attached hydrogens (tertiary/aromatic N) is 4. The summed E-state index contributed by atoms with van der Waals surface area (Å²) in [6.07, 6.45) is 9.90. The van der Waals surface area contributed by atoms with Crippen LogP contribution in [-0.4, -0.2) is 38.7 Å². The van der Waals surface area contributed by atoms with Crippen molar-refractivity contribution in [3.63, 3.8) is 0 Å². The molecule has 3 heterocycles. The number of aromatic nitrogens is 3. The minimum Gasteiger partial charge on any atom is -0.329 e. The Morgan fingerprint density at radius 1 is 1.00 bits per heavy atom. The number of para-hydroxylation sites is 1. The highest BCUT2D eigenvalue weighted by atomic mass is 16.2. The Morgan fingerprint density at radius 2 is 1.86 bits per heavy atom. The van der Waals surface area contributed by atoms with E-state index in [-0.39, 0.29) is 5.91 Å². The number of hydrogen-bond donors (Lipinski definition) is 0. The summed E-state index contributed by atoms with van der Waals surface area (Å²) in [5, 5.41) is 4.83. The van der Waals surface area contributed by atoms with Crippen LogP contribution in [0.15, 0.2) is 60.9 Å². The molecule has 1 aromatic carbocycles. The maximum absolute atomic E-state index is 13.6. The molecule has 5 heteroatoms. The second-order valence-electron chi connectivity index (χ2n) is 7.39. The smallest absolute Gasteiger partial charge is 0.273 e. The molecule has 3 aromatic rings. The fourth-order valence-electron chi connectivity index (χ4n) is 4.15. The van der Waals surface area contributed by atoms with Crippen LogP contribution in [0.3, 0.4) is 0 Å². The summed E-state index contributed by atoms with van der Waals surface area (Å²) in [4.78, 5) is 19.7. The molecule has 5 rings (SSSR count). The molecule has 1 aliphatic carbocycles. The van der Waals surface area contributed by atoms with Gasteiger partial charge in [0.2, 0.25) is 0 Å². The highest BCUT2D eigenvalue weighted by Gasteiger charge is 2.30. The first kappa shape index (κ1) is 16.9. The number of pyridine rings is 1. The van der Waals surface area contributed by atoms with Gasteiger partial charge in [0.1, 0.15) is 5.69 Å². The van der Waals surface area contributed by atoms with Gasteiger partial charge in [-0.1, -0.05) is 30.3 Å². The molecule has 5 nitrogen and oxygen atoms in total. The van der Waals surface area contributed by atoms with E-state index in [1.54, 1.807) is 6.20 Å². The van der Waals surface area contributed by atoms with E-state index in [2.05, 4.69) is 11.1 Å². The van der Waals surface area contributed by atoms with Crippen molar-refractivity contribution < 1.29 is 4.79 Å². The monoisotopic (exact) mass is 370 g/mol. The number of carbonyl (C=O) groups is 1. The highest BCUT2D eigenvalue weighted by Crippen LogP contribution is 2.29. The van der Waals surface area contributed by atoms with Crippen LogP contribution in [0.1, 0.15) is 40.2 Å². The van der Waals surface area contributed by atoms with E-state index in [1.165, 1.54) is 0 Å². The Labute approximate surface area is 164 Å². The van der Waals surface area contributed by atoms with Gasteiger partial charge >= 0.3 is 0 Å². The van der Waals surface area contributed by atoms with Crippen LogP contribution < -0.4 is 0 Å². The largest absolute Gasteiger partial charge is 0.329 e. The number of fused-ring (bicyclic) bond motifs is 1. The number of benzene rings is 1. The van der Waals surface area contributed by atoms with Crippen molar-refractivity contribution in [2.75, 3.05) is 13.1 Å². The number of amides is 1. The molecule has 0 atom stereocenters. The lowest BCUT2D eigenvalue weighted by Crippen LogP contribution is -2.31. The van der Waals surface area contributed by atoms with E-state index in [1.807, 2.05) is 58.2 Å². The zero-order chi connectivity index (χ0) is 18.9. The summed E-state index contributed by atoms with van der Waals surface area (Å²) in [5.74, 6) is 0.0645. The first-order valence-corrected chi connectivity index (χ1v) is 9.86. The minimum absolute atomic E-state index is 0.0645. The van der Waals surface area contributed by atoms with Gasteiger partial charge in [-0.2, -0.15) is 5.10 Å². The first-order valence-electron chi connectivity index (χ1n) is 9.86. The summed E-state index contributed by atoms with van der Waals surface area (Å²) in [5.41, 5.74) is 6.13. The molecule has 0 N–H and O–H groups in total. The van der Waals surface area contributed by atoms with Crippen molar-refractivity contribution in [3.05, 3.63) is 83.4 Å². The molecular formula is C23H22N4O. The summed E-state index contributed by atoms with van der Waals surface area (Å²) in [6, 6.07) is 14.0. The number of hydrogen-bond acceptors (Lipinski definition) is 3. The Bertz CT molecular complexity index is 1040. The van der Waals surface area contributed by atoms with Crippen molar-refractivity contribution in [1.29, 1.82) is 0 Å². The number of carbonyl (C=O) groups excluding carboxylic acids is 1. The van der Waals surface area contributed by atoms with Crippen LogP contribution in [-0.2, 0) is 12.8 Å². The standard InChI is InChI=1S/C23H22N4O/c28-23(26-14-12-18(16-26)17-7-6-13-24-15-17)22-20-10-4-5-11-21(20)25-27(22)19-8-2-1-3-9-19/h1-3,6-9,12-13,15H,4-5,10-11,14,16H2. The van der Waals surface area contributed by atoms with E-state index in [9.17, 15) is 4.79 Å². The van der Waals surface area contributed by atoms with Crippen molar-refractivity contribution in [2.45, 2.75) is 25.7 Å². The third kappa shape index (κ3) is 2.93. The van der Waals surface area contributed by atoms with Crippen molar-refractivity contribution >= 4 is 11.5 Å². The molecule has 140 valence electrons.